The number of carbonyl (C=O) groups excluding carboxylic acids is 1. The molecule has 2 aromatic carbocycles. The van der Waals surface area contributed by atoms with Gasteiger partial charge in [0, 0.05) is 28.0 Å². The number of nitriles is 1. The molecule has 0 aliphatic heterocycles. The number of hydrogen-bond acceptors (Lipinski definition) is 4. The van der Waals surface area contributed by atoms with Crippen LogP contribution in [-0.2, 0) is 0 Å². The molecule has 2 heterocycles. The molecule has 0 aliphatic carbocycles. The molecule has 4 aromatic rings. The third kappa shape index (κ3) is 3.09. The molecule has 0 fully saturated rings. The SMILES string of the molecule is N#Cc1cc(C(=O)c2cc(Br)ccc2O)cn2cc(-c3ccccc3)nc12. The second-order valence-electron chi connectivity index (χ2n) is 5.97. The number of rotatable bonds is 3. The Morgan fingerprint density at radius 3 is 2.63 bits per heavy atom. The Hall–Kier alpha value is -3.43. The first-order valence-electron chi connectivity index (χ1n) is 8.08. The Bertz CT molecular complexity index is 1220. The van der Waals surface area contributed by atoms with Crippen LogP contribution >= 0.6 is 15.9 Å². The standard InChI is InChI=1S/C21H12BrN3O2/c22-16-6-7-19(26)17(9-16)20(27)15-8-14(10-23)21-24-18(12-25(21)11-15)13-4-2-1-3-5-13/h1-9,11-12,26H. The molecule has 0 aliphatic rings. The van der Waals surface area contributed by atoms with Crippen molar-refractivity contribution in [2.75, 3.05) is 0 Å². The van der Waals surface area contributed by atoms with Crippen molar-refractivity contribution in [1.29, 1.82) is 5.26 Å². The molecule has 2 aromatic heterocycles. The van der Waals surface area contributed by atoms with E-state index in [-0.39, 0.29) is 22.7 Å². The van der Waals surface area contributed by atoms with Crippen LogP contribution in [0.3, 0.4) is 0 Å². The summed E-state index contributed by atoms with van der Waals surface area (Å²) in [4.78, 5) is 17.4. The van der Waals surface area contributed by atoms with Crippen molar-refractivity contribution in [3.05, 3.63) is 88.2 Å². The van der Waals surface area contributed by atoms with E-state index >= 15 is 0 Å². The molecule has 0 atom stereocenters. The minimum absolute atomic E-state index is 0.114. The number of ketones is 1. The average molecular weight is 418 g/mol. The molecule has 27 heavy (non-hydrogen) atoms. The smallest absolute Gasteiger partial charge is 0.198 e. The number of aromatic hydroxyl groups is 1. The number of pyridine rings is 1. The van der Waals surface area contributed by atoms with E-state index in [1.165, 1.54) is 12.1 Å². The lowest BCUT2D eigenvalue weighted by molar-refractivity contribution is 0.103. The number of halogens is 1. The number of benzene rings is 2. The highest BCUT2D eigenvalue weighted by Crippen LogP contribution is 2.26. The van der Waals surface area contributed by atoms with Gasteiger partial charge in [-0.05, 0) is 24.3 Å². The predicted molar refractivity (Wildman–Crippen MR) is 105 cm³/mol. The second-order valence-corrected chi connectivity index (χ2v) is 6.88. The molecule has 1 N–H and O–H groups in total. The number of imidazole rings is 1. The van der Waals surface area contributed by atoms with Crippen molar-refractivity contribution < 1.29 is 9.90 Å². The van der Waals surface area contributed by atoms with Crippen molar-refractivity contribution >= 4 is 27.4 Å². The van der Waals surface area contributed by atoms with Gasteiger partial charge in [-0.25, -0.2) is 4.98 Å². The van der Waals surface area contributed by atoms with E-state index in [0.29, 0.717) is 21.4 Å². The molecule has 0 saturated heterocycles. The fraction of sp³-hybridized carbons (Fsp3) is 0. The number of phenolic OH excluding ortho intramolecular Hbond substituents is 1. The number of hydrogen-bond donors (Lipinski definition) is 1. The molecule has 0 radical (unpaired) electrons. The molecule has 130 valence electrons. The Morgan fingerprint density at radius 2 is 1.89 bits per heavy atom. The minimum Gasteiger partial charge on any atom is -0.507 e. The van der Waals surface area contributed by atoms with Gasteiger partial charge in [0.25, 0.3) is 0 Å². The van der Waals surface area contributed by atoms with Gasteiger partial charge in [-0.2, -0.15) is 5.26 Å². The minimum atomic E-state index is -0.373. The summed E-state index contributed by atoms with van der Waals surface area (Å²) in [7, 11) is 0. The van der Waals surface area contributed by atoms with E-state index in [1.54, 1.807) is 28.9 Å². The van der Waals surface area contributed by atoms with E-state index < -0.39 is 0 Å². The van der Waals surface area contributed by atoms with E-state index in [9.17, 15) is 15.2 Å². The van der Waals surface area contributed by atoms with Gasteiger partial charge in [-0.15, -0.1) is 0 Å². The quantitative estimate of drug-likeness (QED) is 0.495. The fourth-order valence-electron chi connectivity index (χ4n) is 2.90. The van der Waals surface area contributed by atoms with Crippen LogP contribution in [-0.4, -0.2) is 20.3 Å². The Labute approximate surface area is 163 Å². The summed E-state index contributed by atoms with van der Waals surface area (Å²) in [5, 5.41) is 19.6. The summed E-state index contributed by atoms with van der Waals surface area (Å²) < 4.78 is 2.35. The van der Waals surface area contributed by atoms with Gasteiger partial charge in [-0.1, -0.05) is 46.3 Å². The predicted octanol–water partition coefficient (Wildman–Crippen LogP) is 4.57. The molecule has 5 nitrogen and oxygen atoms in total. The summed E-state index contributed by atoms with van der Waals surface area (Å²) in [6.07, 6.45) is 3.40. The topological polar surface area (TPSA) is 78.4 Å². The van der Waals surface area contributed by atoms with Gasteiger partial charge in [0.1, 0.15) is 11.8 Å². The maximum Gasteiger partial charge on any atom is 0.198 e. The first-order chi connectivity index (χ1) is 13.1. The molecule has 0 spiro atoms. The van der Waals surface area contributed by atoms with Crippen molar-refractivity contribution in [3.63, 3.8) is 0 Å². The van der Waals surface area contributed by atoms with E-state index in [0.717, 1.165) is 5.56 Å². The van der Waals surface area contributed by atoms with Gasteiger partial charge >= 0.3 is 0 Å². The zero-order chi connectivity index (χ0) is 19.0. The Morgan fingerprint density at radius 1 is 1.11 bits per heavy atom. The highest BCUT2D eigenvalue weighted by Gasteiger charge is 2.18. The van der Waals surface area contributed by atoms with Crippen LogP contribution in [0.15, 0.2) is 71.5 Å². The average Bonchev–Trinajstić information content (AvgIpc) is 3.13. The molecule has 6 heteroatoms. The molecule has 0 amide bonds. The van der Waals surface area contributed by atoms with Crippen LogP contribution in [0.1, 0.15) is 21.5 Å². The summed E-state index contributed by atoms with van der Waals surface area (Å²) >= 11 is 3.30. The van der Waals surface area contributed by atoms with E-state index in [2.05, 4.69) is 27.0 Å². The zero-order valence-electron chi connectivity index (χ0n) is 13.9. The second kappa shape index (κ2) is 6.71. The molecule has 0 unspecified atom stereocenters. The van der Waals surface area contributed by atoms with Crippen molar-refractivity contribution in [3.8, 4) is 23.1 Å². The highest BCUT2D eigenvalue weighted by atomic mass is 79.9. The summed E-state index contributed by atoms with van der Waals surface area (Å²) in [5.41, 5.74) is 2.86. The van der Waals surface area contributed by atoms with Crippen LogP contribution in [0.2, 0.25) is 0 Å². The number of fused-ring (bicyclic) bond motifs is 1. The van der Waals surface area contributed by atoms with E-state index in [1.807, 2.05) is 30.3 Å². The van der Waals surface area contributed by atoms with Gasteiger partial charge in [0.15, 0.2) is 11.4 Å². The van der Waals surface area contributed by atoms with Gasteiger partial charge in [-0.3, -0.25) is 4.79 Å². The van der Waals surface area contributed by atoms with Crippen molar-refractivity contribution in [1.82, 2.24) is 9.38 Å². The number of carbonyl (C=O) groups is 1. The van der Waals surface area contributed by atoms with E-state index in [4.69, 9.17) is 0 Å². The highest BCUT2D eigenvalue weighted by molar-refractivity contribution is 9.10. The Kier molecular flexibility index (Phi) is 4.22. The van der Waals surface area contributed by atoms with Crippen LogP contribution in [0.5, 0.6) is 5.75 Å². The lowest BCUT2D eigenvalue weighted by atomic mass is 10.0. The molecular formula is C21H12BrN3O2. The van der Waals surface area contributed by atoms with Crippen LogP contribution in [0.4, 0.5) is 0 Å². The van der Waals surface area contributed by atoms with Crippen LogP contribution in [0.25, 0.3) is 16.9 Å². The zero-order valence-corrected chi connectivity index (χ0v) is 15.5. The monoisotopic (exact) mass is 417 g/mol. The number of nitrogens with zero attached hydrogens (tertiary/aromatic N) is 3. The maximum absolute atomic E-state index is 12.9. The largest absolute Gasteiger partial charge is 0.507 e. The molecule has 0 saturated carbocycles. The van der Waals surface area contributed by atoms with Gasteiger partial charge < -0.3 is 9.51 Å². The molecular weight excluding hydrogens is 406 g/mol. The molecule has 0 bridgehead atoms. The van der Waals surface area contributed by atoms with Gasteiger partial charge in [0.05, 0.1) is 16.8 Å². The van der Waals surface area contributed by atoms with Gasteiger partial charge in [0.2, 0.25) is 0 Å². The van der Waals surface area contributed by atoms with Crippen LogP contribution < -0.4 is 0 Å². The Balaban J connectivity index is 1.87. The lowest BCUT2D eigenvalue weighted by Gasteiger charge is -2.06. The third-order valence-electron chi connectivity index (χ3n) is 4.21. The number of phenols is 1. The molecule has 4 rings (SSSR count). The summed E-state index contributed by atoms with van der Waals surface area (Å²) in [6, 6.07) is 17.9. The first-order valence-corrected chi connectivity index (χ1v) is 8.87. The van der Waals surface area contributed by atoms with Crippen LogP contribution in [0, 0.1) is 11.3 Å². The maximum atomic E-state index is 12.9. The normalized spacial score (nSPS) is 10.7. The van der Waals surface area contributed by atoms with Crippen molar-refractivity contribution in [2.45, 2.75) is 0 Å². The lowest BCUT2D eigenvalue weighted by Crippen LogP contribution is -2.04. The summed E-state index contributed by atoms with van der Waals surface area (Å²) in [6.45, 7) is 0. The third-order valence-corrected chi connectivity index (χ3v) is 4.70. The van der Waals surface area contributed by atoms with Crippen molar-refractivity contribution in [2.24, 2.45) is 0 Å². The fourth-order valence-corrected chi connectivity index (χ4v) is 3.26. The number of aromatic nitrogens is 2. The summed E-state index contributed by atoms with van der Waals surface area (Å²) in [5.74, 6) is -0.487. The first kappa shape index (κ1) is 17.0.